The second-order valence-corrected chi connectivity index (χ2v) is 3.07. The zero-order chi connectivity index (χ0) is 9.26. The fourth-order valence-electron chi connectivity index (χ4n) is 1.50. The van der Waals surface area contributed by atoms with Gasteiger partial charge in [-0.05, 0) is 18.6 Å². The van der Waals surface area contributed by atoms with Gasteiger partial charge in [-0.25, -0.2) is 0 Å². The van der Waals surface area contributed by atoms with E-state index in [1.165, 1.54) is 0 Å². The third-order valence-corrected chi connectivity index (χ3v) is 2.01. The van der Waals surface area contributed by atoms with E-state index in [-0.39, 0.29) is 6.79 Å². The van der Waals surface area contributed by atoms with Gasteiger partial charge >= 0.3 is 0 Å². The molecule has 1 aliphatic heterocycles. The molecule has 1 aromatic carbocycles. The van der Waals surface area contributed by atoms with E-state index in [9.17, 15) is 4.79 Å². The van der Waals surface area contributed by atoms with Crippen LogP contribution in [-0.2, 0) is 11.3 Å². The smallest absolute Gasteiger partial charge is 0.189 e. The van der Waals surface area contributed by atoms with Crippen LogP contribution in [0.3, 0.4) is 0 Å². The molecule has 13 heavy (non-hydrogen) atoms. The molecule has 0 aromatic heterocycles. The summed E-state index contributed by atoms with van der Waals surface area (Å²) in [5, 5.41) is 0. The molecule has 1 aromatic rings. The molecule has 0 radical (unpaired) electrons. The Balaban J connectivity index is 2.56. The van der Waals surface area contributed by atoms with Crippen molar-refractivity contribution < 1.29 is 14.3 Å². The lowest BCUT2D eigenvalue weighted by Crippen LogP contribution is -2.13. The van der Waals surface area contributed by atoms with E-state index < -0.39 is 0 Å². The maximum Gasteiger partial charge on any atom is 0.189 e. The van der Waals surface area contributed by atoms with Gasteiger partial charge in [-0.2, -0.15) is 0 Å². The van der Waals surface area contributed by atoms with Crippen molar-refractivity contribution >= 4 is 6.29 Å². The van der Waals surface area contributed by atoms with Gasteiger partial charge in [0, 0.05) is 5.56 Å². The molecule has 3 nitrogen and oxygen atoms in total. The summed E-state index contributed by atoms with van der Waals surface area (Å²) in [4.78, 5) is 10.7. The van der Waals surface area contributed by atoms with E-state index in [0.717, 1.165) is 17.4 Å². The highest BCUT2D eigenvalue weighted by Gasteiger charge is 2.14. The van der Waals surface area contributed by atoms with Crippen LogP contribution in [0.5, 0.6) is 5.75 Å². The van der Waals surface area contributed by atoms with Gasteiger partial charge < -0.3 is 9.47 Å². The van der Waals surface area contributed by atoms with E-state index in [2.05, 4.69) is 0 Å². The third kappa shape index (κ3) is 1.42. The molecule has 3 heteroatoms. The standard InChI is InChI=1S/C10H10O3/c1-7-2-8(4-11)10-9(3-7)5-12-6-13-10/h2-4H,5-6H2,1H3. The van der Waals surface area contributed by atoms with Gasteiger partial charge in [-0.15, -0.1) is 0 Å². The molecule has 1 aliphatic rings. The van der Waals surface area contributed by atoms with Crippen molar-refractivity contribution in [2.24, 2.45) is 0 Å². The Kier molecular flexibility index (Phi) is 2.02. The van der Waals surface area contributed by atoms with Crippen molar-refractivity contribution in [3.63, 3.8) is 0 Å². The molecule has 1 heterocycles. The van der Waals surface area contributed by atoms with E-state index in [1.807, 2.05) is 19.1 Å². The third-order valence-electron chi connectivity index (χ3n) is 2.01. The Bertz CT molecular complexity index is 344. The minimum absolute atomic E-state index is 0.233. The second kappa shape index (κ2) is 3.18. The molecule has 0 unspecified atom stereocenters. The largest absolute Gasteiger partial charge is 0.466 e. The Morgan fingerprint density at radius 1 is 1.46 bits per heavy atom. The van der Waals surface area contributed by atoms with Crippen LogP contribution >= 0.6 is 0 Å². The summed E-state index contributed by atoms with van der Waals surface area (Å²) in [7, 11) is 0. The Morgan fingerprint density at radius 3 is 3.08 bits per heavy atom. The quantitative estimate of drug-likeness (QED) is 0.613. The molecule has 0 N–H and O–H groups in total. The molecule has 0 bridgehead atoms. The average Bonchev–Trinajstić information content (AvgIpc) is 2.16. The van der Waals surface area contributed by atoms with E-state index in [1.54, 1.807) is 0 Å². The van der Waals surface area contributed by atoms with Crippen LogP contribution in [0.15, 0.2) is 12.1 Å². The fourth-order valence-corrected chi connectivity index (χ4v) is 1.50. The summed E-state index contributed by atoms with van der Waals surface area (Å²) < 4.78 is 10.4. The summed E-state index contributed by atoms with van der Waals surface area (Å²) in [6.45, 7) is 2.70. The highest BCUT2D eigenvalue weighted by Crippen LogP contribution is 2.28. The first kappa shape index (κ1) is 8.26. The minimum Gasteiger partial charge on any atom is -0.466 e. The van der Waals surface area contributed by atoms with Crippen LogP contribution in [0.4, 0.5) is 0 Å². The van der Waals surface area contributed by atoms with Crippen LogP contribution in [0, 0.1) is 6.92 Å². The van der Waals surface area contributed by atoms with E-state index in [4.69, 9.17) is 9.47 Å². The maximum atomic E-state index is 10.7. The van der Waals surface area contributed by atoms with Crippen molar-refractivity contribution in [1.29, 1.82) is 0 Å². The van der Waals surface area contributed by atoms with E-state index in [0.29, 0.717) is 17.9 Å². The summed E-state index contributed by atoms with van der Waals surface area (Å²) >= 11 is 0. The lowest BCUT2D eigenvalue weighted by Gasteiger charge is -2.19. The number of carbonyl (C=O) groups excluding carboxylic acids is 1. The topological polar surface area (TPSA) is 35.5 Å². The number of benzene rings is 1. The first-order valence-corrected chi connectivity index (χ1v) is 4.10. The first-order valence-electron chi connectivity index (χ1n) is 4.10. The fraction of sp³-hybridized carbons (Fsp3) is 0.300. The summed E-state index contributed by atoms with van der Waals surface area (Å²) in [5.74, 6) is 0.673. The molecular weight excluding hydrogens is 168 g/mol. The Labute approximate surface area is 76.3 Å². The molecule has 0 fully saturated rings. The molecule has 0 spiro atoms. The van der Waals surface area contributed by atoms with Crippen molar-refractivity contribution in [3.05, 3.63) is 28.8 Å². The zero-order valence-corrected chi connectivity index (χ0v) is 7.37. The molecule has 0 aliphatic carbocycles. The number of hydrogen-bond acceptors (Lipinski definition) is 3. The van der Waals surface area contributed by atoms with Gasteiger partial charge in [0.1, 0.15) is 5.75 Å². The minimum atomic E-state index is 0.233. The van der Waals surface area contributed by atoms with Crippen molar-refractivity contribution in [2.45, 2.75) is 13.5 Å². The van der Waals surface area contributed by atoms with Gasteiger partial charge in [0.05, 0.1) is 12.2 Å². The van der Waals surface area contributed by atoms with Crippen LogP contribution in [-0.4, -0.2) is 13.1 Å². The number of aryl methyl sites for hydroxylation is 1. The zero-order valence-electron chi connectivity index (χ0n) is 7.37. The van der Waals surface area contributed by atoms with Crippen LogP contribution < -0.4 is 4.74 Å². The number of hydrogen-bond donors (Lipinski definition) is 0. The number of fused-ring (bicyclic) bond motifs is 1. The summed E-state index contributed by atoms with van der Waals surface area (Å²) in [5.41, 5.74) is 2.61. The van der Waals surface area contributed by atoms with Crippen LogP contribution in [0.2, 0.25) is 0 Å². The lowest BCUT2D eigenvalue weighted by atomic mass is 10.1. The van der Waals surface area contributed by atoms with Gasteiger partial charge in [0.15, 0.2) is 13.1 Å². The predicted octanol–water partition coefficient (Wildman–Crippen LogP) is 1.67. The molecule has 68 valence electrons. The number of carbonyl (C=O) groups is 1. The van der Waals surface area contributed by atoms with Gasteiger partial charge in [0.25, 0.3) is 0 Å². The molecule has 0 saturated heterocycles. The number of rotatable bonds is 1. The maximum absolute atomic E-state index is 10.7. The molecule has 0 atom stereocenters. The molecule has 0 saturated carbocycles. The SMILES string of the molecule is Cc1cc(C=O)c2c(c1)COCO2. The molecule has 2 rings (SSSR count). The second-order valence-electron chi connectivity index (χ2n) is 3.07. The normalized spacial score (nSPS) is 14.5. The van der Waals surface area contributed by atoms with Gasteiger partial charge in [-0.3, -0.25) is 4.79 Å². The predicted molar refractivity (Wildman–Crippen MR) is 46.9 cm³/mol. The Morgan fingerprint density at radius 2 is 2.31 bits per heavy atom. The highest BCUT2D eigenvalue weighted by molar-refractivity contribution is 5.80. The van der Waals surface area contributed by atoms with Crippen LogP contribution in [0.25, 0.3) is 0 Å². The average molecular weight is 178 g/mol. The van der Waals surface area contributed by atoms with Gasteiger partial charge in [0.2, 0.25) is 0 Å². The summed E-state index contributed by atoms with van der Waals surface area (Å²) in [6, 6.07) is 3.79. The first-order chi connectivity index (χ1) is 6.31. The highest BCUT2D eigenvalue weighted by atomic mass is 16.7. The lowest BCUT2D eigenvalue weighted by molar-refractivity contribution is -0.0167. The van der Waals surface area contributed by atoms with Crippen molar-refractivity contribution in [1.82, 2.24) is 0 Å². The molecular formula is C10H10O3. The molecule has 0 amide bonds. The number of aldehydes is 1. The van der Waals surface area contributed by atoms with Crippen molar-refractivity contribution in [2.75, 3.05) is 6.79 Å². The monoisotopic (exact) mass is 178 g/mol. The van der Waals surface area contributed by atoms with E-state index >= 15 is 0 Å². The summed E-state index contributed by atoms with van der Waals surface area (Å²) in [6.07, 6.45) is 0.817. The Hall–Kier alpha value is -1.35. The number of ether oxygens (including phenoxy) is 2. The van der Waals surface area contributed by atoms with Crippen LogP contribution in [0.1, 0.15) is 21.5 Å². The van der Waals surface area contributed by atoms with Gasteiger partial charge in [-0.1, -0.05) is 6.07 Å². The van der Waals surface area contributed by atoms with Crippen molar-refractivity contribution in [3.8, 4) is 5.75 Å².